The van der Waals surface area contributed by atoms with E-state index >= 15 is 0 Å². The number of carbonyl (C=O) groups is 2. The van der Waals surface area contributed by atoms with E-state index in [1.165, 1.54) is 0 Å². The Morgan fingerprint density at radius 3 is 2.50 bits per heavy atom. The van der Waals surface area contributed by atoms with E-state index in [9.17, 15) is 9.59 Å². The highest BCUT2D eigenvalue weighted by molar-refractivity contribution is 5.98. The summed E-state index contributed by atoms with van der Waals surface area (Å²) in [4.78, 5) is 32.9. The van der Waals surface area contributed by atoms with E-state index in [0.717, 1.165) is 37.3 Å². The van der Waals surface area contributed by atoms with Crippen LogP contribution >= 0.6 is 0 Å². The number of anilines is 1. The van der Waals surface area contributed by atoms with Gasteiger partial charge in [-0.2, -0.15) is 0 Å². The fraction of sp³-hybridized carbons (Fsp3) is 0.350. The molecule has 1 aromatic carbocycles. The van der Waals surface area contributed by atoms with Crippen molar-refractivity contribution in [1.82, 2.24) is 15.2 Å². The van der Waals surface area contributed by atoms with Gasteiger partial charge in [-0.3, -0.25) is 9.59 Å². The molecule has 1 saturated heterocycles. The van der Waals surface area contributed by atoms with Crippen molar-refractivity contribution >= 4 is 17.6 Å². The lowest BCUT2D eigenvalue weighted by Gasteiger charge is -2.23. The number of rotatable bonds is 5. The first-order valence-electron chi connectivity index (χ1n) is 8.86. The van der Waals surface area contributed by atoms with Crippen LogP contribution in [0.4, 0.5) is 5.82 Å². The van der Waals surface area contributed by atoms with E-state index < -0.39 is 0 Å². The normalized spacial score (nSPS) is 13.5. The van der Waals surface area contributed by atoms with Crippen LogP contribution in [0.1, 0.15) is 39.1 Å². The summed E-state index contributed by atoms with van der Waals surface area (Å²) in [7, 11) is 3.39. The van der Waals surface area contributed by atoms with Crippen molar-refractivity contribution in [3.05, 3.63) is 59.3 Å². The topological polar surface area (TPSA) is 65.5 Å². The smallest absolute Gasteiger partial charge is 0.257 e. The number of hydrogen-bond acceptors (Lipinski definition) is 4. The van der Waals surface area contributed by atoms with Crippen LogP contribution in [-0.2, 0) is 6.54 Å². The summed E-state index contributed by atoms with van der Waals surface area (Å²) in [6.45, 7) is 2.37. The number of benzene rings is 1. The van der Waals surface area contributed by atoms with E-state index in [2.05, 4.69) is 15.2 Å². The fourth-order valence-corrected chi connectivity index (χ4v) is 3.20. The van der Waals surface area contributed by atoms with Crippen molar-refractivity contribution < 1.29 is 9.59 Å². The maximum atomic E-state index is 12.9. The minimum absolute atomic E-state index is 0.0459. The van der Waals surface area contributed by atoms with E-state index in [1.54, 1.807) is 43.4 Å². The number of carbonyl (C=O) groups excluding carboxylic acids is 2. The Morgan fingerprint density at radius 2 is 1.85 bits per heavy atom. The number of hydrogen-bond donors (Lipinski definition) is 1. The van der Waals surface area contributed by atoms with Gasteiger partial charge in [0.25, 0.3) is 11.8 Å². The highest BCUT2D eigenvalue weighted by Gasteiger charge is 2.22. The predicted molar refractivity (Wildman–Crippen MR) is 101 cm³/mol. The highest BCUT2D eigenvalue weighted by Crippen LogP contribution is 2.23. The van der Waals surface area contributed by atoms with Gasteiger partial charge in [0.05, 0.1) is 5.56 Å². The van der Waals surface area contributed by atoms with Gasteiger partial charge in [-0.15, -0.1) is 0 Å². The molecule has 1 N–H and O–H groups in total. The highest BCUT2D eigenvalue weighted by atomic mass is 16.2. The zero-order chi connectivity index (χ0) is 18.5. The molecular formula is C20H24N4O2. The molecule has 2 aromatic rings. The summed E-state index contributed by atoms with van der Waals surface area (Å²) in [5.41, 5.74) is 2.22. The lowest BCUT2D eigenvalue weighted by molar-refractivity contribution is 0.0785. The fourth-order valence-electron chi connectivity index (χ4n) is 3.20. The maximum Gasteiger partial charge on any atom is 0.257 e. The zero-order valence-electron chi connectivity index (χ0n) is 15.2. The number of aromatic nitrogens is 1. The van der Waals surface area contributed by atoms with Crippen molar-refractivity contribution in [3.63, 3.8) is 0 Å². The molecule has 1 aromatic heterocycles. The second kappa shape index (κ2) is 7.99. The quantitative estimate of drug-likeness (QED) is 0.897. The summed E-state index contributed by atoms with van der Waals surface area (Å²) in [5.74, 6) is 0.610. The second-order valence-corrected chi connectivity index (χ2v) is 6.51. The third-order valence-corrected chi connectivity index (χ3v) is 4.63. The monoisotopic (exact) mass is 352 g/mol. The number of nitrogens with zero attached hydrogens (tertiary/aromatic N) is 3. The van der Waals surface area contributed by atoms with Crippen molar-refractivity contribution in [2.24, 2.45) is 0 Å². The Hall–Kier alpha value is -2.89. The van der Waals surface area contributed by atoms with E-state index in [1.807, 2.05) is 18.2 Å². The van der Waals surface area contributed by atoms with Crippen LogP contribution in [0.2, 0.25) is 0 Å². The van der Waals surface area contributed by atoms with Gasteiger partial charge in [0.1, 0.15) is 5.82 Å². The first-order chi connectivity index (χ1) is 12.6. The van der Waals surface area contributed by atoms with Gasteiger partial charge in [-0.1, -0.05) is 12.1 Å². The van der Waals surface area contributed by atoms with Crippen molar-refractivity contribution in [2.75, 3.05) is 32.1 Å². The Morgan fingerprint density at radius 1 is 1.15 bits per heavy atom. The molecule has 6 heteroatoms. The van der Waals surface area contributed by atoms with Crippen molar-refractivity contribution in [2.45, 2.75) is 19.4 Å². The summed E-state index contributed by atoms with van der Waals surface area (Å²) < 4.78 is 0. The second-order valence-electron chi connectivity index (χ2n) is 6.51. The van der Waals surface area contributed by atoms with Crippen LogP contribution in [0, 0.1) is 0 Å². The van der Waals surface area contributed by atoms with E-state index in [0.29, 0.717) is 17.7 Å². The standard InChI is InChI=1S/C20H24N4O2/c1-21-19(25)16-9-7-15(8-10-16)14-23(2)20(26)17-6-5-11-22-18(17)24-12-3-4-13-24/h5-11H,3-4,12-14H2,1-2H3,(H,21,25). The number of pyridine rings is 1. The van der Waals surface area contributed by atoms with Gasteiger partial charge in [0.2, 0.25) is 0 Å². The molecule has 0 spiro atoms. The molecule has 6 nitrogen and oxygen atoms in total. The molecule has 0 saturated carbocycles. The van der Waals surface area contributed by atoms with Crippen LogP contribution in [0.15, 0.2) is 42.6 Å². The summed E-state index contributed by atoms with van der Waals surface area (Å²) in [5, 5.41) is 2.60. The minimum atomic E-state index is -0.119. The number of nitrogens with one attached hydrogen (secondary N) is 1. The Labute approximate surface area is 153 Å². The average molecular weight is 352 g/mol. The van der Waals surface area contributed by atoms with Crippen LogP contribution < -0.4 is 10.2 Å². The molecule has 26 heavy (non-hydrogen) atoms. The maximum absolute atomic E-state index is 12.9. The summed E-state index contributed by atoms with van der Waals surface area (Å²) in [6.07, 6.45) is 4.01. The summed E-state index contributed by atoms with van der Waals surface area (Å²) >= 11 is 0. The van der Waals surface area contributed by atoms with Crippen LogP contribution in [0.5, 0.6) is 0 Å². The van der Waals surface area contributed by atoms with Gasteiger partial charge in [0.15, 0.2) is 0 Å². The Bertz CT molecular complexity index is 783. The molecule has 1 aliphatic heterocycles. The molecule has 0 aliphatic carbocycles. The zero-order valence-corrected chi connectivity index (χ0v) is 15.2. The molecule has 2 amide bonds. The first kappa shape index (κ1) is 17.9. The predicted octanol–water partition coefficient (Wildman–Crippen LogP) is 2.31. The van der Waals surface area contributed by atoms with Gasteiger partial charge in [-0.05, 0) is 42.7 Å². The molecule has 0 unspecified atom stereocenters. The Balaban J connectivity index is 1.73. The SMILES string of the molecule is CNC(=O)c1ccc(CN(C)C(=O)c2cccnc2N2CCCC2)cc1. The molecule has 1 aliphatic rings. The van der Waals surface area contributed by atoms with Gasteiger partial charge >= 0.3 is 0 Å². The first-order valence-corrected chi connectivity index (χ1v) is 8.86. The van der Waals surface area contributed by atoms with Gasteiger partial charge in [-0.25, -0.2) is 4.98 Å². The van der Waals surface area contributed by atoms with Crippen LogP contribution in [0.25, 0.3) is 0 Å². The van der Waals surface area contributed by atoms with E-state index in [4.69, 9.17) is 0 Å². The van der Waals surface area contributed by atoms with Crippen molar-refractivity contribution in [1.29, 1.82) is 0 Å². The molecular weight excluding hydrogens is 328 g/mol. The van der Waals surface area contributed by atoms with Crippen LogP contribution in [0.3, 0.4) is 0 Å². The molecule has 0 atom stereocenters. The molecule has 2 heterocycles. The largest absolute Gasteiger partial charge is 0.356 e. The molecule has 3 rings (SSSR count). The van der Waals surface area contributed by atoms with E-state index in [-0.39, 0.29) is 11.8 Å². The summed E-state index contributed by atoms with van der Waals surface area (Å²) in [6, 6.07) is 10.9. The number of amides is 2. The average Bonchev–Trinajstić information content (AvgIpc) is 3.22. The molecule has 1 fully saturated rings. The van der Waals surface area contributed by atoms with Gasteiger partial charge in [0, 0.05) is 45.5 Å². The Kier molecular flexibility index (Phi) is 5.51. The minimum Gasteiger partial charge on any atom is -0.356 e. The molecule has 136 valence electrons. The molecule has 0 bridgehead atoms. The third-order valence-electron chi connectivity index (χ3n) is 4.63. The van der Waals surface area contributed by atoms with Crippen molar-refractivity contribution in [3.8, 4) is 0 Å². The lowest BCUT2D eigenvalue weighted by Crippen LogP contribution is -2.29. The molecule has 0 radical (unpaired) electrons. The van der Waals surface area contributed by atoms with Crippen LogP contribution in [-0.4, -0.2) is 48.9 Å². The lowest BCUT2D eigenvalue weighted by atomic mass is 10.1. The van der Waals surface area contributed by atoms with Gasteiger partial charge < -0.3 is 15.1 Å². The third kappa shape index (κ3) is 3.85.